The van der Waals surface area contributed by atoms with Crippen molar-refractivity contribution in [3.8, 4) is 0 Å². The Morgan fingerprint density at radius 1 is 1.90 bits per heavy atom. The van der Waals surface area contributed by atoms with Gasteiger partial charge in [0.05, 0.1) is 12.9 Å². The molecule has 0 amide bonds. The van der Waals surface area contributed by atoms with Crippen LogP contribution in [0.5, 0.6) is 0 Å². The number of nitrogens with two attached hydrogens (primary N) is 1. The number of aliphatic hydroxyl groups is 1. The summed E-state index contributed by atoms with van der Waals surface area (Å²) in [5, 5.41) is 8.93. The highest BCUT2D eigenvalue weighted by Crippen LogP contribution is 1.90. The molecule has 1 atom stereocenters. The molecule has 10 heavy (non-hydrogen) atoms. The zero-order chi connectivity index (χ0) is 7.98. The lowest BCUT2D eigenvalue weighted by atomic mass is 10.2. The molecule has 0 aromatic rings. The Hall–Kier alpha value is -0.900. The molecule has 3 N–H and O–H groups in total. The fraction of sp³-hybridized carbons (Fsp3) is 0.667. The highest BCUT2D eigenvalue weighted by molar-refractivity contribution is 5.82. The average Bonchev–Trinajstić information content (AvgIpc) is 1.98. The first kappa shape index (κ1) is 9.10. The van der Waals surface area contributed by atoms with Crippen LogP contribution in [0, 0.1) is 0 Å². The zero-order valence-electron chi connectivity index (χ0n) is 5.95. The summed E-state index contributed by atoms with van der Waals surface area (Å²) in [7, 11) is 0. The monoisotopic (exact) mass is 144 g/mol. The van der Waals surface area contributed by atoms with E-state index >= 15 is 0 Å². The number of ketones is 1. The fourth-order valence-corrected chi connectivity index (χ4v) is 0.498. The van der Waals surface area contributed by atoms with Gasteiger partial charge in [-0.25, -0.2) is 0 Å². The van der Waals surface area contributed by atoms with Gasteiger partial charge in [0.1, 0.15) is 6.10 Å². The maximum absolute atomic E-state index is 10.7. The molecule has 0 fully saturated rings. The predicted molar refractivity (Wildman–Crippen MR) is 38.9 cm³/mol. The van der Waals surface area contributed by atoms with Gasteiger partial charge in [0, 0.05) is 6.42 Å². The van der Waals surface area contributed by atoms with Crippen LogP contribution in [-0.4, -0.2) is 29.9 Å². The number of Topliss-reactive ketones (excluding diaryl/α,β-unsaturated/α-hetero) is 1. The number of hydrogen-bond acceptors (Lipinski definition) is 3. The number of nitrogens with zero attached hydrogens (tertiary/aromatic N) is 1. The van der Waals surface area contributed by atoms with E-state index in [1.165, 1.54) is 0 Å². The molecule has 0 aromatic carbocycles. The van der Waals surface area contributed by atoms with E-state index in [9.17, 15) is 4.79 Å². The van der Waals surface area contributed by atoms with Gasteiger partial charge in [-0.15, -0.1) is 0 Å². The molecule has 0 aliphatic heterocycles. The van der Waals surface area contributed by atoms with Crippen LogP contribution >= 0.6 is 0 Å². The molecule has 4 nitrogen and oxygen atoms in total. The van der Waals surface area contributed by atoms with Crippen LogP contribution in [0.2, 0.25) is 0 Å². The second-order valence-corrected chi connectivity index (χ2v) is 1.85. The van der Waals surface area contributed by atoms with Crippen LogP contribution in [0.15, 0.2) is 4.99 Å². The van der Waals surface area contributed by atoms with Crippen LogP contribution in [-0.2, 0) is 4.79 Å². The Balaban J connectivity index is 3.61. The van der Waals surface area contributed by atoms with Gasteiger partial charge in [0.15, 0.2) is 5.78 Å². The van der Waals surface area contributed by atoms with Crippen molar-refractivity contribution in [3.63, 3.8) is 0 Å². The van der Waals surface area contributed by atoms with Crippen molar-refractivity contribution in [1.82, 2.24) is 0 Å². The maximum Gasteiger partial charge on any atom is 0.162 e. The molecule has 4 heteroatoms. The number of rotatable bonds is 4. The van der Waals surface area contributed by atoms with E-state index in [1.807, 2.05) is 0 Å². The van der Waals surface area contributed by atoms with Crippen molar-refractivity contribution in [2.75, 3.05) is 6.54 Å². The average molecular weight is 144 g/mol. The second kappa shape index (κ2) is 4.93. The van der Waals surface area contributed by atoms with E-state index in [-0.39, 0.29) is 12.3 Å². The van der Waals surface area contributed by atoms with Crippen LogP contribution in [0.4, 0.5) is 0 Å². The summed E-state index contributed by atoms with van der Waals surface area (Å²) in [5.41, 5.74) is 4.90. The molecular weight excluding hydrogens is 132 g/mol. The molecule has 0 saturated heterocycles. The van der Waals surface area contributed by atoms with Gasteiger partial charge < -0.3 is 10.8 Å². The zero-order valence-corrected chi connectivity index (χ0v) is 5.95. The first-order valence-electron chi connectivity index (χ1n) is 3.13. The van der Waals surface area contributed by atoms with E-state index in [0.29, 0.717) is 6.42 Å². The Labute approximate surface area is 59.8 Å². The lowest BCUT2D eigenvalue weighted by molar-refractivity contribution is -0.126. The van der Waals surface area contributed by atoms with E-state index < -0.39 is 6.10 Å². The number of carbonyl (C=O) groups excluding carboxylic acids is 1. The smallest absolute Gasteiger partial charge is 0.162 e. The third kappa shape index (κ3) is 3.19. The Kier molecular flexibility index (Phi) is 4.49. The standard InChI is InChI=1S/C6H12N2O2/c1-2-5(9)6(10)3-8-4-7/h4,6,10H,2-3H2,1H3,(H2,7,8). The molecule has 0 bridgehead atoms. The number of aliphatic hydroxyl groups excluding tert-OH is 1. The van der Waals surface area contributed by atoms with Gasteiger partial charge in [0.25, 0.3) is 0 Å². The molecule has 58 valence electrons. The summed E-state index contributed by atoms with van der Waals surface area (Å²) in [6.45, 7) is 1.76. The number of carbonyl (C=O) groups is 1. The summed E-state index contributed by atoms with van der Waals surface area (Å²) >= 11 is 0. The Morgan fingerprint density at radius 3 is 2.90 bits per heavy atom. The molecule has 0 radical (unpaired) electrons. The minimum atomic E-state index is -0.982. The fourth-order valence-electron chi connectivity index (χ4n) is 0.498. The summed E-state index contributed by atoms with van der Waals surface area (Å²) in [4.78, 5) is 14.2. The van der Waals surface area contributed by atoms with Crippen LogP contribution in [0.3, 0.4) is 0 Å². The van der Waals surface area contributed by atoms with Gasteiger partial charge in [-0.3, -0.25) is 9.79 Å². The van der Waals surface area contributed by atoms with Crippen LogP contribution in [0.1, 0.15) is 13.3 Å². The topological polar surface area (TPSA) is 75.7 Å². The summed E-state index contributed by atoms with van der Waals surface area (Å²) in [5.74, 6) is -0.203. The third-order valence-corrected chi connectivity index (χ3v) is 1.10. The molecular formula is C6H12N2O2. The summed E-state index contributed by atoms with van der Waals surface area (Å²) in [6, 6.07) is 0. The van der Waals surface area contributed by atoms with Crippen LogP contribution < -0.4 is 5.73 Å². The summed E-state index contributed by atoms with van der Waals surface area (Å²) < 4.78 is 0. The lowest BCUT2D eigenvalue weighted by Gasteiger charge is -2.02. The van der Waals surface area contributed by atoms with Crippen molar-refractivity contribution in [2.45, 2.75) is 19.4 Å². The van der Waals surface area contributed by atoms with Gasteiger partial charge >= 0.3 is 0 Å². The molecule has 0 spiro atoms. The molecule has 0 rings (SSSR count). The van der Waals surface area contributed by atoms with Gasteiger partial charge in [-0.05, 0) is 0 Å². The van der Waals surface area contributed by atoms with Crippen molar-refractivity contribution in [2.24, 2.45) is 10.7 Å². The van der Waals surface area contributed by atoms with Crippen molar-refractivity contribution in [3.05, 3.63) is 0 Å². The highest BCUT2D eigenvalue weighted by atomic mass is 16.3. The lowest BCUT2D eigenvalue weighted by Crippen LogP contribution is -2.22. The second-order valence-electron chi connectivity index (χ2n) is 1.85. The number of aliphatic imine (C=N–C) groups is 1. The normalized spacial score (nSPS) is 13.8. The molecule has 0 aliphatic carbocycles. The van der Waals surface area contributed by atoms with Gasteiger partial charge in [-0.2, -0.15) is 0 Å². The summed E-state index contributed by atoms with van der Waals surface area (Å²) in [6.07, 6.45) is 0.428. The molecule has 0 heterocycles. The number of hydrogen-bond donors (Lipinski definition) is 2. The maximum atomic E-state index is 10.7. The van der Waals surface area contributed by atoms with Crippen molar-refractivity contribution in [1.29, 1.82) is 0 Å². The minimum Gasteiger partial charge on any atom is -0.390 e. The Bertz CT molecular complexity index is 134. The third-order valence-electron chi connectivity index (χ3n) is 1.10. The van der Waals surface area contributed by atoms with Gasteiger partial charge in [-0.1, -0.05) is 6.92 Å². The van der Waals surface area contributed by atoms with Gasteiger partial charge in [0.2, 0.25) is 0 Å². The minimum absolute atomic E-state index is 0.0726. The molecule has 0 saturated carbocycles. The van der Waals surface area contributed by atoms with Crippen molar-refractivity contribution >= 4 is 12.1 Å². The SMILES string of the molecule is CCC(=O)C(O)CN=CN. The van der Waals surface area contributed by atoms with Crippen LogP contribution in [0.25, 0.3) is 0 Å². The largest absolute Gasteiger partial charge is 0.390 e. The highest BCUT2D eigenvalue weighted by Gasteiger charge is 2.10. The molecule has 0 aromatic heterocycles. The van der Waals surface area contributed by atoms with Crippen molar-refractivity contribution < 1.29 is 9.90 Å². The van der Waals surface area contributed by atoms with E-state index in [0.717, 1.165) is 6.34 Å². The molecule has 0 aliphatic rings. The Morgan fingerprint density at radius 2 is 2.50 bits per heavy atom. The van der Waals surface area contributed by atoms with E-state index in [4.69, 9.17) is 10.8 Å². The quantitative estimate of drug-likeness (QED) is 0.405. The first-order valence-corrected chi connectivity index (χ1v) is 3.13. The van der Waals surface area contributed by atoms with E-state index in [1.54, 1.807) is 6.92 Å². The van der Waals surface area contributed by atoms with E-state index in [2.05, 4.69) is 4.99 Å². The first-order chi connectivity index (χ1) is 4.72. The predicted octanol–water partition coefficient (Wildman–Crippen LogP) is -0.687. The molecule has 1 unspecified atom stereocenters.